The van der Waals surface area contributed by atoms with Gasteiger partial charge in [0.2, 0.25) is 0 Å². The van der Waals surface area contributed by atoms with Crippen molar-refractivity contribution in [2.24, 2.45) is 0 Å². The molecule has 0 saturated carbocycles. The summed E-state index contributed by atoms with van der Waals surface area (Å²) in [5, 5.41) is 15.3. The largest absolute Gasteiger partial charge is 0.335 e. The van der Waals surface area contributed by atoms with Gasteiger partial charge in [-0.15, -0.1) is 0 Å². The maximum Gasteiger partial charge on any atom is 0.255 e. The molecule has 0 atom stereocenters. The van der Waals surface area contributed by atoms with Crippen molar-refractivity contribution < 1.29 is 4.79 Å². The predicted molar refractivity (Wildman–Crippen MR) is 148 cm³/mol. The number of carbonyl (C=O) groups excluding carboxylic acids is 1. The quantitative estimate of drug-likeness (QED) is 0.261. The Hall–Kier alpha value is -5.22. The molecule has 0 aliphatic carbocycles. The number of aromatic nitrogens is 7. The fourth-order valence-corrected chi connectivity index (χ4v) is 5.03. The van der Waals surface area contributed by atoms with Gasteiger partial charge in [-0.3, -0.25) is 19.9 Å². The van der Waals surface area contributed by atoms with Gasteiger partial charge in [0.05, 0.1) is 29.0 Å². The van der Waals surface area contributed by atoms with Crippen LogP contribution in [0.25, 0.3) is 55.8 Å². The second-order valence-corrected chi connectivity index (χ2v) is 9.44. The topological polar surface area (TPSA) is 125 Å². The van der Waals surface area contributed by atoms with Crippen LogP contribution in [0.1, 0.15) is 10.4 Å². The van der Waals surface area contributed by atoms with Crippen LogP contribution in [0.2, 0.25) is 0 Å². The molecule has 7 rings (SSSR count). The summed E-state index contributed by atoms with van der Waals surface area (Å²) in [5.74, 6) is 0.424. The Kier molecular flexibility index (Phi) is 5.22. The molecule has 7 aromatic rings. The average Bonchev–Trinajstić information content (AvgIpc) is 3.73. The number of rotatable bonds is 5. The molecule has 1 amide bonds. The van der Waals surface area contributed by atoms with Gasteiger partial charge in [0.1, 0.15) is 11.2 Å². The van der Waals surface area contributed by atoms with Crippen molar-refractivity contribution in [1.82, 2.24) is 35.1 Å². The minimum atomic E-state index is -0.198. The first kappa shape index (κ1) is 22.0. The Morgan fingerprint density at radius 3 is 2.63 bits per heavy atom. The first-order chi connectivity index (χ1) is 18.7. The van der Waals surface area contributed by atoms with Crippen molar-refractivity contribution in [3.8, 4) is 33.8 Å². The van der Waals surface area contributed by atoms with Crippen LogP contribution >= 0.6 is 11.3 Å². The van der Waals surface area contributed by atoms with E-state index < -0.39 is 0 Å². The molecular weight excluding hydrogens is 496 g/mol. The number of H-pyrrole nitrogens is 2. The molecule has 0 bridgehead atoms. The third-order valence-corrected chi connectivity index (χ3v) is 6.92. The van der Waals surface area contributed by atoms with Crippen molar-refractivity contribution in [1.29, 1.82) is 0 Å². The summed E-state index contributed by atoms with van der Waals surface area (Å²) in [6.07, 6.45) is 8.70. The number of thiophene rings is 1. The summed E-state index contributed by atoms with van der Waals surface area (Å²) in [4.78, 5) is 34.1. The fourth-order valence-electron chi connectivity index (χ4n) is 4.37. The third kappa shape index (κ3) is 3.89. The Morgan fingerprint density at radius 1 is 0.895 bits per heavy atom. The summed E-state index contributed by atoms with van der Waals surface area (Å²) in [7, 11) is 0. The lowest BCUT2D eigenvalue weighted by atomic mass is 10.1. The van der Waals surface area contributed by atoms with Crippen molar-refractivity contribution in [2.45, 2.75) is 0 Å². The molecule has 6 aromatic heterocycles. The van der Waals surface area contributed by atoms with Crippen molar-refractivity contribution in [2.75, 3.05) is 5.32 Å². The zero-order chi connectivity index (χ0) is 25.5. The molecule has 38 heavy (non-hydrogen) atoms. The Balaban J connectivity index is 1.25. The van der Waals surface area contributed by atoms with Gasteiger partial charge in [-0.05, 0) is 46.7 Å². The fraction of sp³-hybridized carbons (Fsp3) is 0. The zero-order valence-corrected chi connectivity index (χ0v) is 20.5. The Bertz CT molecular complexity index is 1930. The van der Waals surface area contributed by atoms with Gasteiger partial charge in [0.15, 0.2) is 11.5 Å². The molecule has 6 heterocycles. The van der Waals surface area contributed by atoms with Crippen molar-refractivity contribution >= 4 is 45.0 Å². The third-order valence-electron chi connectivity index (χ3n) is 6.23. The number of hydrogen-bond acceptors (Lipinski definition) is 7. The number of amides is 1. The van der Waals surface area contributed by atoms with E-state index in [1.165, 1.54) is 0 Å². The summed E-state index contributed by atoms with van der Waals surface area (Å²) < 4.78 is 0. The number of nitrogens with zero attached hydrogens (tertiary/aromatic N) is 5. The lowest BCUT2D eigenvalue weighted by Crippen LogP contribution is -2.11. The Morgan fingerprint density at radius 2 is 1.76 bits per heavy atom. The maximum absolute atomic E-state index is 12.6. The molecule has 0 unspecified atom stereocenters. The van der Waals surface area contributed by atoms with Crippen LogP contribution in [0.15, 0.2) is 90.3 Å². The molecule has 1 aromatic carbocycles. The number of carbonyl (C=O) groups is 1. The van der Waals surface area contributed by atoms with Crippen LogP contribution in [0.5, 0.6) is 0 Å². The summed E-state index contributed by atoms with van der Waals surface area (Å²) in [6.45, 7) is 0. The van der Waals surface area contributed by atoms with E-state index in [0.29, 0.717) is 28.4 Å². The van der Waals surface area contributed by atoms with Gasteiger partial charge in [-0.2, -0.15) is 16.4 Å². The first-order valence-electron chi connectivity index (χ1n) is 11.8. The van der Waals surface area contributed by atoms with Gasteiger partial charge in [-0.25, -0.2) is 9.97 Å². The van der Waals surface area contributed by atoms with Crippen molar-refractivity contribution in [3.63, 3.8) is 0 Å². The van der Waals surface area contributed by atoms with Gasteiger partial charge < -0.3 is 10.3 Å². The number of imidazole rings is 1. The molecule has 9 nitrogen and oxygen atoms in total. The predicted octanol–water partition coefficient (Wildman–Crippen LogP) is 5.94. The molecule has 0 aliphatic heterocycles. The van der Waals surface area contributed by atoms with Crippen LogP contribution in [-0.4, -0.2) is 41.0 Å². The number of fused-ring (bicyclic) bond motifs is 2. The standard InChI is InChI=1S/C28H18N8OS/c37-28(16-4-2-1-3-5-16)32-20-8-18(10-29-12-20)19-9-21-25(35-36-26(21)31-11-19)27-33-23-14-30-13-22(24(23)34-27)17-6-7-38-15-17/h1-15H,(H,32,37)(H,33,34)(H,31,35,36). The first-order valence-corrected chi connectivity index (χ1v) is 12.7. The summed E-state index contributed by atoms with van der Waals surface area (Å²) in [5.41, 5.74) is 7.81. The minimum Gasteiger partial charge on any atom is -0.335 e. The summed E-state index contributed by atoms with van der Waals surface area (Å²) in [6, 6.07) is 15.0. The second-order valence-electron chi connectivity index (χ2n) is 8.66. The molecule has 3 N–H and O–H groups in total. The SMILES string of the molecule is O=C(Nc1cncc(-c2cnc3[nH]nc(-c4nc5c(-c6ccsc6)cncc5[nH]4)c3c2)c1)c1ccccc1. The highest BCUT2D eigenvalue weighted by molar-refractivity contribution is 7.08. The summed E-state index contributed by atoms with van der Waals surface area (Å²) >= 11 is 1.63. The van der Waals surface area contributed by atoms with Crippen LogP contribution < -0.4 is 5.32 Å². The van der Waals surface area contributed by atoms with E-state index in [1.807, 2.05) is 41.9 Å². The highest BCUT2D eigenvalue weighted by Crippen LogP contribution is 2.33. The van der Waals surface area contributed by atoms with Crippen LogP contribution in [0.3, 0.4) is 0 Å². The number of benzene rings is 1. The lowest BCUT2D eigenvalue weighted by Gasteiger charge is -2.07. The molecule has 182 valence electrons. The molecule has 0 aliphatic rings. The monoisotopic (exact) mass is 514 g/mol. The van der Waals surface area contributed by atoms with Gasteiger partial charge >= 0.3 is 0 Å². The van der Waals surface area contributed by atoms with E-state index in [4.69, 9.17) is 4.98 Å². The number of nitrogens with one attached hydrogen (secondary N) is 3. The molecule has 0 spiro atoms. The van der Waals surface area contributed by atoms with Gasteiger partial charge in [-0.1, -0.05) is 18.2 Å². The van der Waals surface area contributed by atoms with Gasteiger partial charge in [0.25, 0.3) is 5.91 Å². The van der Waals surface area contributed by atoms with Crippen LogP contribution in [0.4, 0.5) is 5.69 Å². The van der Waals surface area contributed by atoms with Crippen molar-refractivity contribution in [3.05, 3.63) is 95.8 Å². The number of aromatic amines is 2. The van der Waals surface area contributed by atoms with E-state index in [9.17, 15) is 4.79 Å². The Labute approximate surface area is 219 Å². The van der Waals surface area contributed by atoms with E-state index in [1.54, 1.807) is 48.3 Å². The second kappa shape index (κ2) is 9.02. The molecule has 0 fully saturated rings. The number of hydrogen-bond donors (Lipinski definition) is 3. The van der Waals surface area contributed by atoms with Crippen LogP contribution in [0, 0.1) is 0 Å². The zero-order valence-electron chi connectivity index (χ0n) is 19.7. The highest BCUT2D eigenvalue weighted by Gasteiger charge is 2.17. The number of pyridine rings is 3. The molecule has 0 saturated heterocycles. The normalized spacial score (nSPS) is 11.3. The molecule has 0 radical (unpaired) electrons. The molecular formula is C28H18N8OS. The average molecular weight is 515 g/mol. The van der Waals surface area contributed by atoms with E-state index in [0.717, 1.165) is 38.7 Å². The number of anilines is 1. The van der Waals surface area contributed by atoms with E-state index in [-0.39, 0.29) is 5.91 Å². The van der Waals surface area contributed by atoms with Gasteiger partial charge in [0, 0.05) is 40.8 Å². The smallest absolute Gasteiger partial charge is 0.255 e. The van der Waals surface area contributed by atoms with E-state index in [2.05, 4.69) is 46.9 Å². The lowest BCUT2D eigenvalue weighted by molar-refractivity contribution is 0.102. The van der Waals surface area contributed by atoms with E-state index >= 15 is 0 Å². The minimum absolute atomic E-state index is 0.198. The highest BCUT2D eigenvalue weighted by atomic mass is 32.1. The van der Waals surface area contributed by atoms with Crippen LogP contribution in [-0.2, 0) is 0 Å². The molecule has 10 heteroatoms. The maximum atomic E-state index is 12.6.